The van der Waals surface area contributed by atoms with Crippen molar-refractivity contribution in [2.45, 2.75) is 110 Å². The summed E-state index contributed by atoms with van der Waals surface area (Å²) in [6.07, 6.45) is 8.52. The Morgan fingerprint density at radius 2 is 1.91 bits per heavy atom. The second-order valence-corrected chi connectivity index (χ2v) is 10.4. The lowest BCUT2D eigenvalue weighted by Crippen LogP contribution is -2.49. The highest BCUT2D eigenvalue weighted by molar-refractivity contribution is 5.63. The smallest absolute Gasteiger partial charge is 0.300 e. The molecule has 182 valence electrons. The second-order valence-electron chi connectivity index (χ2n) is 10.4. The molecule has 1 fully saturated rings. The van der Waals surface area contributed by atoms with Gasteiger partial charge in [0, 0.05) is 24.4 Å². The van der Waals surface area contributed by atoms with Gasteiger partial charge in [0.15, 0.2) is 0 Å². The fourth-order valence-corrected chi connectivity index (χ4v) is 5.59. The molecule has 3 N–H and O–H groups in total. The molecule has 32 heavy (non-hydrogen) atoms. The van der Waals surface area contributed by atoms with Crippen molar-refractivity contribution < 1.29 is 19.7 Å². The number of nitrogens with one attached hydrogen (secondary N) is 1. The Hall–Kier alpha value is -1.75. The number of phenols is 1. The van der Waals surface area contributed by atoms with E-state index in [1.54, 1.807) is 0 Å². The predicted molar refractivity (Wildman–Crippen MR) is 131 cm³/mol. The van der Waals surface area contributed by atoms with Gasteiger partial charge in [0.05, 0.1) is 0 Å². The first-order valence-electron chi connectivity index (χ1n) is 12.4. The first kappa shape index (κ1) is 26.5. The van der Waals surface area contributed by atoms with E-state index in [0.717, 1.165) is 31.1 Å². The summed E-state index contributed by atoms with van der Waals surface area (Å²) in [4.78, 5) is 9.00. The van der Waals surface area contributed by atoms with E-state index >= 15 is 0 Å². The molecule has 0 saturated heterocycles. The number of carbonyl (C=O) groups is 1. The summed E-state index contributed by atoms with van der Waals surface area (Å²) in [5, 5.41) is 21.9. The van der Waals surface area contributed by atoms with E-state index in [1.807, 2.05) is 6.07 Å². The third kappa shape index (κ3) is 6.40. The molecule has 5 atom stereocenters. The number of carboxylic acids is 1. The fourth-order valence-electron chi connectivity index (χ4n) is 5.59. The average molecular weight is 448 g/mol. The number of hydrogen-bond donors (Lipinski definition) is 3. The van der Waals surface area contributed by atoms with Crippen LogP contribution in [0.3, 0.4) is 0 Å². The number of unbranched alkanes of at least 4 members (excludes halogenated alkanes) is 2. The molecule has 5 heteroatoms. The maximum Gasteiger partial charge on any atom is 0.300 e. The van der Waals surface area contributed by atoms with Gasteiger partial charge in [-0.15, -0.1) is 0 Å². The van der Waals surface area contributed by atoms with Crippen molar-refractivity contribution in [1.29, 1.82) is 0 Å². The lowest BCUT2D eigenvalue weighted by molar-refractivity contribution is -0.134. The molecule has 0 aromatic heterocycles. The summed E-state index contributed by atoms with van der Waals surface area (Å²) in [6.45, 7) is 12.4. The van der Waals surface area contributed by atoms with Crippen LogP contribution in [-0.4, -0.2) is 34.9 Å². The number of rotatable bonds is 7. The van der Waals surface area contributed by atoms with Crippen LogP contribution in [0.2, 0.25) is 0 Å². The van der Waals surface area contributed by atoms with Gasteiger partial charge in [-0.1, -0.05) is 46.5 Å². The van der Waals surface area contributed by atoms with E-state index < -0.39 is 5.97 Å². The predicted octanol–water partition coefficient (Wildman–Crippen LogP) is 6.45. The summed E-state index contributed by atoms with van der Waals surface area (Å²) >= 11 is 0. The topological polar surface area (TPSA) is 78.8 Å². The number of carboxylic acid groups (broad SMARTS) is 1. The van der Waals surface area contributed by atoms with Crippen LogP contribution in [0.25, 0.3) is 0 Å². The minimum atomic E-state index is -0.833. The van der Waals surface area contributed by atoms with E-state index in [0.29, 0.717) is 35.5 Å². The zero-order chi connectivity index (χ0) is 24.1. The van der Waals surface area contributed by atoms with Crippen LogP contribution in [-0.2, 0) is 4.79 Å². The fraction of sp³-hybridized carbons (Fsp3) is 0.741. The highest BCUT2D eigenvalue weighted by Gasteiger charge is 2.47. The van der Waals surface area contributed by atoms with Crippen molar-refractivity contribution in [3.05, 3.63) is 23.3 Å². The number of ether oxygens (including phenoxy) is 1. The molecule has 3 rings (SSSR count). The van der Waals surface area contributed by atoms with Crippen molar-refractivity contribution >= 4 is 5.97 Å². The van der Waals surface area contributed by atoms with Gasteiger partial charge in [-0.3, -0.25) is 4.79 Å². The maximum atomic E-state index is 11.0. The van der Waals surface area contributed by atoms with Crippen LogP contribution in [0.4, 0.5) is 0 Å². The van der Waals surface area contributed by atoms with Crippen molar-refractivity contribution in [3.8, 4) is 11.5 Å². The van der Waals surface area contributed by atoms with Crippen LogP contribution in [0.5, 0.6) is 11.5 Å². The Morgan fingerprint density at radius 3 is 2.50 bits per heavy atom. The van der Waals surface area contributed by atoms with E-state index in [2.05, 4.69) is 53.0 Å². The molecule has 1 aromatic carbocycles. The first-order valence-corrected chi connectivity index (χ1v) is 12.4. The lowest BCUT2D eigenvalue weighted by Gasteiger charge is -2.49. The summed E-state index contributed by atoms with van der Waals surface area (Å²) in [7, 11) is 2.06. The number of aliphatic carboxylic acids is 1. The van der Waals surface area contributed by atoms with E-state index in [-0.39, 0.29) is 5.60 Å². The third-order valence-corrected chi connectivity index (χ3v) is 7.68. The highest BCUT2D eigenvalue weighted by atomic mass is 16.5. The minimum absolute atomic E-state index is 0.183. The number of aromatic hydroxyl groups is 1. The molecule has 0 spiro atoms. The normalized spacial score (nSPS) is 25.3. The van der Waals surface area contributed by atoms with Gasteiger partial charge in [0.1, 0.15) is 17.1 Å². The van der Waals surface area contributed by atoms with Crippen LogP contribution in [0.15, 0.2) is 12.1 Å². The number of phenolic OH excluding ortho intramolecular Hbond substituents is 1. The Bertz CT molecular complexity index is 756. The van der Waals surface area contributed by atoms with Crippen molar-refractivity contribution in [3.63, 3.8) is 0 Å². The van der Waals surface area contributed by atoms with Gasteiger partial charge in [0.2, 0.25) is 0 Å². The van der Waals surface area contributed by atoms with Crippen LogP contribution in [0.1, 0.15) is 109 Å². The van der Waals surface area contributed by atoms with Gasteiger partial charge in [-0.05, 0) is 75.6 Å². The average Bonchev–Trinajstić information content (AvgIpc) is 2.71. The van der Waals surface area contributed by atoms with Crippen molar-refractivity contribution in [2.75, 3.05) is 7.05 Å². The molecule has 5 nitrogen and oxygen atoms in total. The van der Waals surface area contributed by atoms with Gasteiger partial charge >= 0.3 is 0 Å². The lowest BCUT2D eigenvalue weighted by atomic mass is 9.65. The maximum absolute atomic E-state index is 11.0. The minimum Gasteiger partial charge on any atom is -0.508 e. The number of benzene rings is 1. The van der Waals surface area contributed by atoms with Gasteiger partial charge < -0.3 is 20.3 Å². The first-order chi connectivity index (χ1) is 15.0. The molecule has 1 aliphatic carbocycles. The van der Waals surface area contributed by atoms with Crippen LogP contribution >= 0.6 is 0 Å². The molecule has 0 amide bonds. The zero-order valence-electron chi connectivity index (χ0n) is 21.2. The van der Waals surface area contributed by atoms with E-state index in [4.69, 9.17) is 14.6 Å². The van der Waals surface area contributed by atoms with Gasteiger partial charge in [-0.25, -0.2) is 0 Å². The van der Waals surface area contributed by atoms with E-state index in [9.17, 15) is 5.11 Å². The molecule has 5 unspecified atom stereocenters. The summed E-state index contributed by atoms with van der Waals surface area (Å²) in [5.74, 6) is 2.40. The van der Waals surface area contributed by atoms with Crippen molar-refractivity contribution in [2.24, 2.45) is 11.8 Å². The Kier molecular flexibility index (Phi) is 9.44. The molecular formula is C27H45NO4. The quantitative estimate of drug-likeness (QED) is 0.419. The highest BCUT2D eigenvalue weighted by Crippen LogP contribution is 2.55. The van der Waals surface area contributed by atoms with Gasteiger partial charge in [0.25, 0.3) is 5.97 Å². The molecule has 2 aliphatic rings. The molecule has 1 aliphatic heterocycles. The Morgan fingerprint density at radius 1 is 1.25 bits per heavy atom. The summed E-state index contributed by atoms with van der Waals surface area (Å²) in [6, 6.07) is 4.79. The van der Waals surface area contributed by atoms with Gasteiger partial charge in [-0.2, -0.15) is 0 Å². The molecule has 1 heterocycles. The largest absolute Gasteiger partial charge is 0.508 e. The molecule has 1 saturated carbocycles. The van der Waals surface area contributed by atoms with Crippen LogP contribution < -0.4 is 10.1 Å². The monoisotopic (exact) mass is 447 g/mol. The SMILES string of the molecule is CC(=O)O.CCCCCC(C)C(C)c1cc(O)c2c(c1)OC(C)(C)C1CCC(NC)CC21. The third-order valence-electron chi connectivity index (χ3n) is 7.68. The van der Waals surface area contributed by atoms with Crippen LogP contribution in [0, 0.1) is 11.8 Å². The van der Waals surface area contributed by atoms with E-state index in [1.165, 1.54) is 37.7 Å². The molecule has 0 bridgehead atoms. The molecule has 0 radical (unpaired) electrons. The number of hydrogen-bond acceptors (Lipinski definition) is 4. The zero-order valence-corrected chi connectivity index (χ0v) is 21.2. The van der Waals surface area contributed by atoms with Crippen molar-refractivity contribution in [1.82, 2.24) is 5.32 Å². The molecular weight excluding hydrogens is 402 g/mol. The summed E-state index contributed by atoms with van der Waals surface area (Å²) in [5.41, 5.74) is 2.09. The number of fused-ring (bicyclic) bond motifs is 3. The molecule has 1 aromatic rings. The standard InChI is InChI=1S/C25H41NO2.C2H4O2/c1-7-8-9-10-16(2)17(3)18-13-22(27)24-20-15-19(26-6)11-12-21(20)25(4,5)28-23(24)14-18;1-2(3)4/h13-14,16-17,19-21,26-27H,7-12,15H2,1-6H3;1H3,(H,3,4). The summed E-state index contributed by atoms with van der Waals surface area (Å²) < 4.78 is 6.53. The second kappa shape index (κ2) is 11.4. The Balaban J connectivity index is 0.000000837. The Labute approximate surface area is 195 Å².